The summed E-state index contributed by atoms with van der Waals surface area (Å²) in [6.45, 7) is 5.30. The third kappa shape index (κ3) is 3.77. The fourth-order valence-electron chi connectivity index (χ4n) is 1.22. The van der Waals surface area contributed by atoms with Crippen molar-refractivity contribution in [3.8, 4) is 0 Å². The van der Waals surface area contributed by atoms with E-state index in [1.165, 1.54) is 20.0 Å². The number of esters is 1. The monoisotopic (exact) mass is 185 g/mol. The Kier molecular flexibility index (Phi) is 3.31. The number of ether oxygens (including phenoxy) is 1. The van der Waals surface area contributed by atoms with Gasteiger partial charge in [0.05, 0.1) is 13.5 Å². The Labute approximate surface area is 79.8 Å². The minimum Gasteiger partial charge on any atom is -0.469 e. The summed E-state index contributed by atoms with van der Waals surface area (Å²) in [5.74, 6) is -0.138. The van der Waals surface area contributed by atoms with Crippen LogP contribution in [-0.4, -0.2) is 25.7 Å². The molecular formula is C10H19NO2. The first-order valence-electron chi connectivity index (χ1n) is 4.86. The van der Waals surface area contributed by atoms with Crippen molar-refractivity contribution in [2.75, 3.05) is 13.7 Å². The van der Waals surface area contributed by atoms with Crippen molar-refractivity contribution >= 4 is 5.97 Å². The summed E-state index contributed by atoms with van der Waals surface area (Å²) in [4.78, 5) is 10.9. The van der Waals surface area contributed by atoms with Gasteiger partial charge < -0.3 is 10.1 Å². The van der Waals surface area contributed by atoms with Crippen molar-refractivity contribution in [3.05, 3.63) is 0 Å². The summed E-state index contributed by atoms with van der Waals surface area (Å²) in [5.41, 5.74) is 0.504. The lowest BCUT2D eigenvalue weighted by Crippen LogP contribution is -2.33. The number of carbonyl (C=O) groups is 1. The van der Waals surface area contributed by atoms with Gasteiger partial charge in [0.2, 0.25) is 0 Å². The van der Waals surface area contributed by atoms with Crippen LogP contribution in [0.1, 0.15) is 33.1 Å². The Balaban J connectivity index is 2.10. The molecule has 1 fully saturated rings. The normalized spacial score (nSPS) is 20.8. The molecule has 0 spiro atoms. The minimum atomic E-state index is -0.138. The topological polar surface area (TPSA) is 38.3 Å². The van der Waals surface area contributed by atoms with E-state index in [4.69, 9.17) is 0 Å². The quantitative estimate of drug-likeness (QED) is 0.657. The zero-order chi connectivity index (χ0) is 9.90. The third-order valence-electron chi connectivity index (χ3n) is 2.68. The molecule has 0 bridgehead atoms. The number of carbonyl (C=O) groups excluding carboxylic acids is 1. The standard InChI is InChI=1S/C10H19NO2/c1-8(6-9(12)13-3)11-7-10(2)4-5-10/h8,11H,4-7H2,1-3H3. The van der Waals surface area contributed by atoms with Crippen LogP contribution in [0.3, 0.4) is 0 Å². The van der Waals surface area contributed by atoms with E-state index in [1.807, 2.05) is 6.92 Å². The van der Waals surface area contributed by atoms with E-state index in [0.29, 0.717) is 11.8 Å². The molecule has 3 nitrogen and oxygen atoms in total. The van der Waals surface area contributed by atoms with E-state index in [2.05, 4.69) is 17.0 Å². The Morgan fingerprint density at radius 1 is 1.62 bits per heavy atom. The molecule has 1 aliphatic carbocycles. The molecule has 13 heavy (non-hydrogen) atoms. The van der Waals surface area contributed by atoms with Crippen molar-refractivity contribution in [1.82, 2.24) is 5.32 Å². The maximum atomic E-state index is 10.9. The number of methoxy groups -OCH3 is 1. The highest BCUT2D eigenvalue weighted by molar-refractivity contribution is 5.69. The van der Waals surface area contributed by atoms with Crippen molar-refractivity contribution in [2.24, 2.45) is 5.41 Å². The largest absolute Gasteiger partial charge is 0.469 e. The lowest BCUT2D eigenvalue weighted by molar-refractivity contribution is -0.141. The van der Waals surface area contributed by atoms with Gasteiger partial charge in [0.25, 0.3) is 0 Å². The van der Waals surface area contributed by atoms with Gasteiger partial charge in [-0.3, -0.25) is 4.79 Å². The molecule has 1 atom stereocenters. The Morgan fingerprint density at radius 3 is 2.69 bits per heavy atom. The molecule has 0 heterocycles. The second kappa shape index (κ2) is 4.09. The van der Waals surface area contributed by atoms with Crippen LogP contribution in [0.15, 0.2) is 0 Å². The van der Waals surface area contributed by atoms with Crippen LogP contribution in [0.5, 0.6) is 0 Å². The summed E-state index contributed by atoms with van der Waals surface area (Å²) in [6, 6.07) is 0.227. The van der Waals surface area contributed by atoms with E-state index in [-0.39, 0.29) is 12.0 Å². The number of hydrogen-bond acceptors (Lipinski definition) is 3. The van der Waals surface area contributed by atoms with Crippen LogP contribution < -0.4 is 5.32 Å². The Bertz CT molecular complexity index is 187. The summed E-state index contributed by atoms with van der Waals surface area (Å²) in [6.07, 6.45) is 3.09. The van der Waals surface area contributed by atoms with Crippen LogP contribution in [0, 0.1) is 5.41 Å². The lowest BCUT2D eigenvalue weighted by Gasteiger charge is -2.15. The van der Waals surface area contributed by atoms with E-state index >= 15 is 0 Å². The van der Waals surface area contributed by atoms with Crippen LogP contribution in [-0.2, 0) is 9.53 Å². The average Bonchev–Trinajstić information content (AvgIpc) is 2.81. The molecule has 0 aliphatic heterocycles. The molecular weight excluding hydrogens is 166 g/mol. The van der Waals surface area contributed by atoms with Crippen LogP contribution in [0.4, 0.5) is 0 Å². The van der Waals surface area contributed by atoms with E-state index in [1.54, 1.807) is 0 Å². The van der Waals surface area contributed by atoms with Gasteiger partial charge in [-0.1, -0.05) is 6.92 Å². The summed E-state index contributed by atoms with van der Waals surface area (Å²) < 4.78 is 4.59. The van der Waals surface area contributed by atoms with Gasteiger partial charge >= 0.3 is 5.97 Å². The Morgan fingerprint density at radius 2 is 2.23 bits per heavy atom. The van der Waals surface area contributed by atoms with Gasteiger partial charge in [-0.05, 0) is 25.2 Å². The second-order valence-electron chi connectivity index (χ2n) is 4.37. The molecule has 76 valence electrons. The molecule has 0 aromatic heterocycles. The fraction of sp³-hybridized carbons (Fsp3) is 0.900. The van der Waals surface area contributed by atoms with Gasteiger partial charge in [0.15, 0.2) is 0 Å². The number of nitrogens with one attached hydrogen (secondary N) is 1. The molecule has 0 aromatic carbocycles. The molecule has 1 saturated carbocycles. The first kappa shape index (κ1) is 10.5. The lowest BCUT2D eigenvalue weighted by atomic mass is 10.1. The molecule has 1 aliphatic rings. The van der Waals surface area contributed by atoms with E-state index in [0.717, 1.165) is 6.54 Å². The first-order valence-corrected chi connectivity index (χ1v) is 4.86. The number of rotatable bonds is 5. The predicted octanol–water partition coefficient (Wildman–Crippen LogP) is 1.33. The van der Waals surface area contributed by atoms with Gasteiger partial charge in [0.1, 0.15) is 0 Å². The number of hydrogen-bond donors (Lipinski definition) is 1. The summed E-state index contributed by atoms with van der Waals surface area (Å²) in [7, 11) is 1.43. The summed E-state index contributed by atoms with van der Waals surface area (Å²) >= 11 is 0. The fourth-order valence-corrected chi connectivity index (χ4v) is 1.22. The third-order valence-corrected chi connectivity index (χ3v) is 2.68. The van der Waals surface area contributed by atoms with Crippen LogP contribution in [0.2, 0.25) is 0 Å². The molecule has 1 unspecified atom stereocenters. The first-order chi connectivity index (χ1) is 6.06. The summed E-state index contributed by atoms with van der Waals surface area (Å²) in [5, 5.41) is 3.35. The molecule has 0 amide bonds. The van der Waals surface area contributed by atoms with Gasteiger partial charge in [-0.25, -0.2) is 0 Å². The molecule has 0 aromatic rings. The van der Waals surface area contributed by atoms with Gasteiger partial charge in [-0.15, -0.1) is 0 Å². The molecule has 0 radical (unpaired) electrons. The van der Waals surface area contributed by atoms with Gasteiger partial charge in [0, 0.05) is 12.6 Å². The molecule has 1 rings (SSSR count). The van der Waals surface area contributed by atoms with Gasteiger partial charge in [-0.2, -0.15) is 0 Å². The minimum absolute atomic E-state index is 0.138. The van der Waals surface area contributed by atoms with Crippen molar-refractivity contribution in [2.45, 2.75) is 39.2 Å². The smallest absolute Gasteiger partial charge is 0.307 e. The van der Waals surface area contributed by atoms with E-state index in [9.17, 15) is 4.79 Å². The van der Waals surface area contributed by atoms with E-state index < -0.39 is 0 Å². The van der Waals surface area contributed by atoms with Crippen LogP contribution >= 0.6 is 0 Å². The average molecular weight is 185 g/mol. The zero-order valence-electron chi connectivity index (χ0n) is 8.72. The zero-order valence-corrected chi connectivity index (χ0v) is 8.72. The van der Waals surface area contributed by atoms with Crippen LogP contribution in [0.25, 0.3) is 0 Å². The van der Waals surface area contributed by atoms with Crippen molar-refractivity contribution in [1.29, 1.82) is 0 Å². The highest BCUT2D eigenvalue weighted by atomic mass is 16.5. The second-order valence-corrected chi connectivity index (χ2v) is 4.37. The van der Waals surface area contributed by atoms with Crippen molar-refractivity contribution < 1.29 is 9.53 Å². The predicted molar refractivity (Wildman–Crippen MR) is 51.4 cm³/mol. The molecule has 1 N–H and O–H groups in total. The molecule has 0 saturated heterocycles. The Hall–Kier alpha value is -0.570. The maximum Gasteiger partial charge on any atom is 0.307 e. The SMILES string of the molecule is COC(=O)CC(C)NCC1(C)CC1. The highest BCUT2D eigenvalue weighted by Gasteiger charge is 2.36. The molecule has 3 heteroatoms. The van der Waals surface area contributed by atoms with Crippen molar-refractivity contribution in [3.63, 3.8) is 0 Å². The highest BCUT2D eigenvalue weighted by Crippen LogP contribution is 2.44. The maximum absolute atomic E-state index is 10.9.